The molecule has 20 heavy (non-hydrogen) atoms. The lowest BCUT2D eigenvalue weighted by Crippen LogP contribution is -2.26. The van der Waals surface area contributed by atoms with Gasteiger partial charge in [-0.1, -0.05) is 17.7 Å². The summed E-state index contributed by atoms with van der Waals surface area (Å²) in [4.78, 5) is 9.34. The fourth-order valence-corrected chi connectivity index (χ4v) is 2.25. The summed E-state index contributed by atoms with van der Waals surface area (Å²) in [6, 6.07) is 4.67. The Balaban J connectivity index is 2.06. The Hall–Kier alpha value is -1.43. The van der Waals surface area contributed by atoms with Crippen LogP contribution in [-0.2, 0) is 13.1 Å². The van der Waals surface area contributed by atoms with Gasteiger partial charge in [0.05, 0.1) is 11.6 Å². The number of hydrogen-bond acceptors (Lipinski definition) is 3. The average molecular weight is 298 g/mol. The van der Waals surface area contributed by atoms with Crippen molar-refractivity contribution in [3.63, 3.8) is 0 Å². The van der Waals surface area contributed by atoms with E-state index in [1.165, 1.54) is 6.07 Å². The van der Waals surface area contributed by atoms with E-state index in [1.807, 2.05) is 11.8 Å². The Morgan fingerprint density at radius 1 is 1.40 bits per heavy atom. The van der Waals surface area contributed by atoms with Crippen LogP contribution in [0.1, 0.15) is 17.1 Å². The molecule has 2 aromatic rings. The normalized spacial score (nSPS) is 11.2. The predicted molar refractivity (Wildman–Crippen MR) is 75.9 cm³/mol. The molecule has 0 saturated heterocycles. The van der Waals surface area contributed by atoms with Crippen molar-refractivity contribution >= 4 is 11.6 Å². The highest BCUT2D eigenvalue weighted by atomic mass is 35.5. The smallest absolute Gasteiger partial charge is 0.141 e. The molecule has 0 aliphatic carbocycles. The minimum Gasteiger partial charge on any atom is -0.395 e. The summed E-state index contributed by atoms with van der Waals surface area (Å²) in [5, 5.41) is 9.26. The van der Waals surface area contributed by atoms with Gasteiger partial charge in [-0.15, -0.1) is 0 Å². The molecular weight excluding hydrogens is 281 g/mol. The average Bonchev–Trinajstić information content (AvgIpc) is 2.80. The molecule has 6 heteroatoms. The summed E-state index contributed by atoms with van der Waals surface area (Å²) in [5.41, 5.74) is 1.88. The van der Waals surface area contributed by atoms with E-state index in [0.29, 0.717) is 19.6 Å². The van der Waals surface area contributed by atoms with Gasteiger partial charge in [0.25, 0.3) is 0 Å². The summed E-state index contributed by atoms with van der Waals surface area (Å²) < 4.78 is 13.1. The van der Waals surface area contributed by atoms with E-state index in [0.717, 1.165) is 17.1 Å². The second-order valence-corrected chi connectivity index (χ2v) is 5.08. The zero-order valence-electron chi connectivity index (χ0n) is 11.2. The quantitative estimate of drug-likeness (QED) is 0.861. The van der Waals surface area contributed by atoms with Gasteiger partial charge >= 0.3 is 0 Å². The molecule has 108 valence electrons. The molecule has 0 saturated carbocycles. The van der Waals surface area contributed by atoms with E-state index in [1.54, 1.807) is 18.3 Å². The topological polar surface area (TPSA) is 52.1 Å². The summed E-state index contributed by atoms with van der Waals surface area (Å²) >= 11 is 5.78. The lowest BCUT2D eigenvalue weighted by molar-refractivity contribution is 0.183. The highest BCUT2D eigenvalue weighted by molar-refractivity contribution is 6.30. The molecule has 0 amide bonds. The third kappa shape index (κ3) is 4.03. The number of H-pyrrole nitrogens is 1. The van der Waals surface area contributed by atoms with E-state index in [-0.39, 0.29) is 11.6 Å². The van der Waals surface area contributed by atoms with Crippen molar-refractivity contribution in [1.29, 1.82) is 0 Å². The van der Waals surface area contributed by atoms with Crippen molar-refractivity contribution in [3.05, 3.63) is 52.3 Å². The summed E-state index contributed by atoms with van der Waals surface area (Å²) in [6.45, 7) is 3.68. The number of aromatic nitrogens is 2. The molecule has 0 unspecified atom stereocenters. The number of benzene rings is 1. The van der Waals surface area contributed by atoms with Crippen LogP contribution in [0.5, 0.6) is 0 Å². The van der Waals surface area contributed by atoms with Crippen LogP contribution >= 0.6 is 11.6 Å². The molecule has 0 aliphatic heterocycles. The Bertz CT molecular complexity index is 573. The fourth-order valence-electron chi connectivity index (χ4n) is 2.04. The van der Waals surface area contributed by atoms with Crippen molar-refractivity contribution in [2.75, 3.05) is 13.2 Å². The minimum atomic E-state index is -0.423. The minimum absolute atomic E-state index is 0.0576. The molecule has 1 heterocycles. The molecule has 0 spiro atoms. The van der Waals surface area contributed by atoms with Gasteiger partial charge in [-0.2, -0.15) is 0 Å². The van der Waals surface area contributed by atoms with Crippen LogP contribution in [0.3, 0.4) is 0 Å². The third-order valence-corrected chi connectivity index (χ3v) is 3.25. The van der Waals surface area contributed by atoms with Crippen LogP contribution in [0.15, 0.2) is 24.4 Å². The molecule has 0 fully saturated rings. The lowest BCUT2D eigenvalue weighted by Gasteiger charge is -2.20. The monoisotopic (exact) mass is 297 g/mol. The van der Waals surface area contributed by atoms with E-state index in [4.69, 9.17) is 16.7 Å². The van der Waals surface area contributed by atoms with Gasteiger partial charge in [-0.25, -0.2) is 9.37 Å². The number of nitrogens with one attached hydrogen (secondary N) is 1. The van der Waals surface area contributed by atoms with Gasteiger partial charge in [-0.05, 0) is 24.6 Å². The van der Waals surface area contributed by atoms with E-state index in [2.05, 4.69) is 9.97 Å². The molecule has 1 aromatic heterocycles. The predicted octanol–water partition coefficient (Wildman–Crippen LogP) is 2.51. The number of nitrogens with zero attached hydrogens (tertiary/aromatic N) is 2. The van der Waals surface area contributed by atoms with Crippen LogP contribution in [0.4, 0.5) is 4.39 Å². The molecule has 0 atom stereocenters. The summed E-state index contributed by atoms with van der Waals surface area (Å²) in [5.74, 6) is 0.432. The molecule has 2 N–H and O–H groups in total. The molecule has 0 radical (unpaired) electrons. The first kappa shape index (κ1) is 15.0. The van der Waals surface area contributed by atoms with Crippen molar-refractivity contribution in [1.82, 2.24) is 14.9 Å². The maximum absolute atomic E-state index is 13.1. The number of aromatic amines is 1. The first-order valence-electron chi connectivity index (χ1n) is 6.36. The first-order valence-corrected chi connectivity index (χ1v) is 6.74. The molecule has 2 rings (SSSR count). The van der Waals surface area contributed by atoms with E-state index >= 15 is 0 Å². The van der Waals surface area contributed by atoms with Crippen LogP contribution < -0.4 is 0 Å². The first-order chi connectivity index (χ1) is 9.58. The highest BCUT2D eigenvalue weighted by Crippen LogP contribution is 2.17. The SMILES string of the molecule is Cc1ncc(CN(CCO)Cc2ccc(F)c(Cl)c2)[nH]1. The number of hydrogen-bond donors (Lipinski definition) is 2. The largest absolute Gasteiger partial charge is 0.395 e. The van der Waals surface area contributed by atoms with Gasteiger partial charge in [0.15, 0.2) is 0 Å². The van der Waals surface area contributed by atoms with Crippen LogP contribution in [0.25, 0.3) is 0 Å². The summed E-state index contributed by atoms with van der Waals surface area (Å²) in [7, 11) is 0. The Labute approximate surface area is 122 Å². The Kier molecular flexibility index (Phi) is 5.11. The zero-order chi connectivity index (χ0) is 14.5. The van der Waals surface area contributed by atoms with Gasteiger partial charge < -0.3 is 10.1 Å². The Morgan fingerprint density at radius 3 is 2.80 bits per heavy atom. The number of aryl methyl sites for hydroxylation is 1. The van der Waals surface area contributed by atoms with Crippen molar-refractivity contribution in [2.24, 2.45) is 0 Å². The fraction of sp³-hybridized carbons (Fsp3) is 0.357. The standard InChI is InChI=1S/C14H17ClFN3O/c1-10-17-7-12(18-10)9-19(4-5-20)8-11-2-3-14(16)13(15)6-11/h2-3,6-7,20H,4-5,8-9H2,1H3,(H,17,18). The molecule has 0 bridgehead atoms. The summed E-state index contributed by atoms with van der Waals surface area (Å²) in [6.07, 6.45) is 1.78. The maximum Gasteiger partial charge on any atom is 0.141 e. The van der Waals surface area contributed by atoms with Crippen molar-refractivity contribution in [2.45, 2.75) is 20.0 Å². The van der Waals surface area contributed by atoms with Gasteiger partial charge in [0, 0.05) is 31.5 Å². The molecule has 0 aliphatic rings. The van der Waals surface area contributed by atoms with Gasteiger partial charge in [0.2, 0.25) is 0 Å². The van der Waals surface area contributed by atoms with Crippen LogP contribution in [-0.4, -0.2) is 33.1 Å². The van der Waals surface area contributed by atoms with Crippen molar-refractivity contribution in [3.8, 4) is 0 Å². The highest BCUT2D eigenvalue weighted by Gasteiger charge is 2.09. The lowest BCUT2D eigenvalue weighted by atomic mass is 10.2. The molecular formula is C14H17ClFN3O. The number of aliphatic hydroxyl groups excluding tert-OH is 1. The zero-order valence-corrected chi connectivity index (χ0v) is 12.0. The van der Waals surface area contributed by atoms with Gasteiger partial charge in [0.1, 0.15) is 11.6 Å². The Morgan fingerprint density at radius 2 is 2.20 bits per heavy atom. The second kappa shape index (κ2) is 6.83. The maximum atomic E-state index is 13.1. The van der Waals surface area contributed by atoms with Gasteiger partial charge in [-0.3, -0.25) is 4.90 Å². The molecule has 1 aromatic carbocycles. The number of halogens is 2. The van der Waals surface area contributed by atoms with Crippen molar-refractivity contribution < 1.29 is 9.50 Å². The second-order valence-electron chi connectivity index (χ2n) is 4.68. The number of aliphatic hydroxyl groups is 1. The number of imidazole rings is 1. The van der Waals surface area contributed by atoms with E-state index in [9.17, 15) is 4.39 Å². The van der Waals surface area contributed by atoms with E-state index < -0.39 is 5.82 Å². The van der Waals surface area contributed by atoms with Crippen LogP contribution in [0, 0.1) is 12.7 Å². The third-order valence-electron chi connectivity index (χ3n) is 2.96. The van der Waals surface area contributed by atoms with Crippen LogP contribution in [0.2, 0.25) is 5.02 Å². The number of rotatable bonds is 6. The molecule has 4 nitrogen and oxygen atoms in total.